The number of nitrogens with zero attached hydrogens (tertiary/aromatic N) is 3. The summed E-state index contributed by atoms with van der Waals surface area (Å²) in [6.45, 7) is 5.37. The number of likely N-dealkylation sites (N-methyl/N-ethyl adjacent to an activating group) is 1. The number of rotatable bonds is 10. The zero-order valence-electron chi connectivity index (χ0n) is 21.3. The summed E-state index contributed by atoms with van der Waals surface area (Å²) in [7, 11) is 3.42. The average molecular weight is 492 g/mol. The highest BCUT2D eigenvalue weighted by atomic mass is 16.5. The molecule has 0 unspecified atom stereocenters. The van der Waals surface area contributed by atoms with E-state index in [1.807, 2.05) is 63.2 Å². The minimum absolute atomic E-state index is 0.217. The SMILES string of the molecule is CNc1cccc(OC[C@H](C)N(C)C(=O)CO)c1C(N)=Nc1ccc(Oc2ccc(C)nc2)c(C)c1. The average Bonchev–Trinajstić information content (AvgIpc) is 2.88. The number of hydrogen-bond acceptors (Lipinski definition) is 7. The molecule has 190 valence electrons. The van der Waals surface area contributed by atoms with Crippen LogP contribution in [-0.2, 0) is 4.79 Å². The molecule has 0 aliphatic heterocycles. The lowest BCUT2D eigenvalue weighted by molar-refractivity contribution is -0.135. The van der Waals surface area contributed by atoms with Gasteiger partial charge in [-0.2, -0.15) is 0 Å². The van der Waals surface area contributed by atoms with Gasteiger partial charge in [-0.25, -0.2) is 4.99 Å². The molecule has 0 saturated carbocycles. The van der Waals surface area contributed by atoms with Crippen molar-refractivity contribution in [1.29, 1.82) is 0 Å². The number of hydrogen-bond donors (Lipinski definition) is 3. The molecule has 3 rings (SSSR count). The first-order valence-electron chi connectivity index (χ1n) is 11.6. The van der Waals surface area contributed by atoms with Crippen LogP contribution in [0.1, 0.15) is 23.7 Å². The highest BCUT2D eigenvalue weighted by Gasteiger charge is 2.18. The standard InChI is InChI=1S/C27H33N5O4/c1-17-13-20(10-12-23(17)36-21-11-9-18(2)30-14-21)31-27(28)26-22(29-4)7-6-8-24(26)35-16-19(3)32(5)25(34)15-33/h6-14,19,29,33H,15-16H2,1-5H3,(H2,28,31)/t19-/m0/s1. The Morgan fingerprint density at radius 1 is 1.19 bits per heavy atom. The summed E-state index contributed by atoms with van der Waals surface area (Å²) in [4.78, 5) is 22.1. The van der Waals surface area contributed by atoms with Gasteiger partial charge in [0.25, 0.3) is 0 Å². The van der Waals surface area contributed by atoms with Crippen molar-refractivity contribution in [3.8, 4) is 17.2 Å². The molecule has 3 aromatic rings. The molecule has 0 spiro atoms. The number of pyridine rings is 1. The number of benzene rings is 2. The predicted molar refractivity (Wildman–Crippen MR) is 141 cm³/mol. The Balaban J connectivity index is 1.83. The number of aryl methyl sites for hydroxylation is 2. The van der Waals surface area contributed by atoms with Crippen LogP contribution in [0.5, 0.6) is 17.2 Å². The van der Waals surface area contributed by atoms with Crippen LogP contribution in [0, 0.1) is 13.8 Å². The number of aliphatic hydroxyl groups is 1. The van der Waals surface area contributed by atoms with Gasteiger partial charge in [0.15, 0.2) is 0 Å². The minimum atomic E-state index is -0.550. The van der Waals surface area contributed by atoms with Gasteiger partial charge in [0.05, 0.1) is 23.5 Å². The largest absolute Gasteiger partial charge is 0.491 e. The first-order chi connectivity index (χ1) is 17.2. The van der Waals surface area contributed by atoms with Crippen LogP contribution >= 0.6 is 0 Å². The number of aromatic nitrogens is 1. The van der Waals surface area contributed by atoms with E-state index < -0.39 is 6.61 Å². The third kappa shape index (κ3) is 6.51. The van der Waals surface area contributed by atoms with Crippen molar-refractivity contribution in [1.82, 2.24) is 9.88 Å². The van der Waals surface area contributed by atoms with E-state index in [9.17, 15) is 4.79 Å². The zero-order valence-corrected chi connectivity index (χ0v) is 21.3. The van der Waals surface area contributed by atoms with Crippen molar-refractivity contribution in [2.24, 2.45) is 10.7 Å². The Morgan fingerprint density at radius 3 is 2.61 bits per heavy atom. The predicted octanol–water partition coefficient (Wildman–Crippen LogP) is 3.79. The number of amidine groups is 1. The van der Waals surface area contributed by atoms with Crippen LogP contribution in [0.3, 0.4) is 0 Å². The van der Waals surface area contributed by atoms with Crippen LogP contribution < -0.4 is 20.5 Å². The van der Waals surface area contributed by atoms with E-state index in [-0.39, 0.29) is 24.4 Å². The van der Waals surface area contributed by atoms with Gasteiger partial charge in [0.2, 0.25) is 5.91 Å². The lowest BCUT2D eigenvalue weighted by atomic mass is 10.1. The number of nitrogens with one attached hydrogen (secondary N) is 1. The van der Waals surface area contributed by atoms with Crippen LogP contribution in [0.2, 0.25) is 0 Å². The molecule has 1 aromatic heterocycles. The summed E-state index contributed by atoms with van der Waals surface area (Å²) < 4.78 is 12.0. The van der Waals surface area contributed by atoms with E-state index in [4.69, 9.17) is 20.3 Å². The summed E-state index contributed by atoms with van der Waals surface area (Å²) in [5.74, 6) is 1.79. The molecule has 4 N–H and O–H groups in total. The molecular formula is C27H33N5O4. The van der Waals surface area contributed by atoms with E-state index >= 15 is 0 Å². The van der Waals surface area contributed by atoms with E-state index in [0.717, 1.165) is 16.9 Å². The fourth-order valence-corrected chi connectivity index (χ4v) is 3.46. The molecule has 0 radical (unpaired) electrons. The molecule has 0 aliphatic rings. The molecule has 1 amide bonds. The van der Waals surface area contributed by atoms with E-state index in [1.54, 1.807) is 26.4 Å². The van der Waals surface area contributed by atoms with Gasteiger partial charge in [-0.15, -0.1) is 0 Å². The quantitative estimate of drug-likeness (QED) is 0.291. The van der Waals surface area contributed by atoms with Crippen LogP contribution in [0.25, 0.3) is 0 Å². The van der Waals surface area contributed by atoms with Gasteiger partial charge in [-0.05, 0) is 68.8 Å². The number of aliphatic hydroxyl groups excluding tert-OH is 1. The summed E-state index contributed by atoms with van der Waals surface area (Å²) >= 11 is 0. The Hall–Kier alpha value is -4.11. The number of aliphatic imine (C=N–C) groups is 1. The molecule has 0 aliphatic carbocycles. The van der Waals surface area contributed by atoms with Crippen molar-refractivity contribution in [2.75, 3.05) is 32.6 Å². The van der Waals surface area contributed by atoms with Crippen LogP contribution in [0.15, 0.2) is 59.7 Å². The molecule has 9 nitrogen and oxygen atoms in total. The van der Waals surface area contributed by atoms with Crippen LogP contribution in [-0.4, -0.2) is 60.1 Å². The van der Waals surface area contributed by atoms with E-state index in [0.29, 0.717) is 28.5 Å². The van der Waals surface area contributed by atoms with Crippen molar-refractivity contribution < 1.29 is 19.4 Å². The van der Waals surface area contributed by atoms with Gasteiger partial charge in [-0.3, -0.25) is 9.78 Å². The van der Waals surface area contributed by atoms with E-state index in [2.05, 4.69) is 15.3 Å². The zero-order chi connectivity index (χ0) is 26.2. The maximum atomic E-state index is 11.8. The molecule has 0 bridgehead atoms. The van der Waals surface area contributed by atoms with Crippen molar-refractivity contribution in [3.05, 3.63) is 71.5 Å². The summed E-state index contributed by atoms with van der Waals surface area (Å²) in [6.07, 6.45) is 1.69. The Morgan fingerprint density at radius 2 is 1.97 bits per heavy atom. The third-order valence-electron chi connectivity index (χ3n) is 5.74. The first-order valence-corrected chi connectivity index (χ1v) is 11.6. The van der Waals surface area contributed by atoms with Gasteiger partial charge in [0, 0.05) is 25.5 Å². The molecule has 36 heavy (non-hydrogen) atoms. The van der Waals surface area contributed by atoms with E-state index in [1.165, 1.54) is 4.90 Å². The number of carbonyl (C=O) groups is 1. The fourth-order valence-electron chi connectivity index (χ4n) is 3.46. The van der Waals surface area contributed by atoms with Crippen molar-refractivity contribution in [3.63, 3.8) is 0 Å². The highest BCUT2D eigenvalue weighted by Crippen LogP contribution is 2.31. The maximum Gasteiger partial charge on any atom is 0.248 e. The minimum Gasteiger partial charge on any atom is -0.491 e. The number of ether oxygens (including phenoxy) is 2. The van der Waals surface area contributed by atoms with Crippen molar-refractivity contribution in [2.45, 2.75) is 26.8 Å². The Bertz CT molecular complexity index is 1230. The first kappa shape index (κ1) is 26.5. The second-order valence-electron chi connectivity index (χ2n) is 8.44. The number of nitrogens with two attached hydrogens (primary N) is 1. The smallest absolute Gasteiger partial charge is 0.248 e. The molecule has 1 heterocycles. The molecule has 0 fully saturated rings. The van der Waals surface area contributed by atoms with Gasteiger partial charge < -0.3 is 30.5 Å². The third-order valence-corrected chi connectivity index (χ3v) is 5.74. The molecule has 1 atom stereocenters. The molecule has 0 saturated heterocycles. The second kappa shape index (κ2) is 12.0. The number of anilines is 1. The lowest BCUT2D eigenvalue weighted by Gasteiger charge is -2.25. The normalized spacial score (nSPS) is 12.1. The topological polar surface area (TPSA) is 122 Å². The van der Waals surface area contributed by atoms with Gasteiger partial charge in [0.1, 0.15) is 36.3 Å². The monoisotopic (exact) mass is 491 g/mol. The molecular weight excluding hydrogens is 458 g/mol. The second-order valence-corrected chi connectivity index (χ2v) is 8.44. The summed E-state index contributed by atoms with van der Waals surface area (Å²) in [5, 5.41) is 12.2. The van der Waals surface area contributed by atoms with Gasteiger partial charge in [-0.1, -0.05) is 6.07 Å². The highest BCUT2D eigenvalue weighted by molar-refractivity contribution is 6.06. The maximum absolute atomic E-state index is 11.8. The summed E-state index contributed by atoms with van der Waals surface area (Å²) in [6, 6.07) is 14.6. The molecule has 9 heteroatoms. The summed E-state index contributed by atoms with van der Waals surface area (Å²) in [5.41, 5.74) is 10.3. The Kier molecular flexibility index (Phi) is 8.86. The lowest BCUT2D eigenvalue weighted by Crippen LogP contribution is -2.40. The van der Waals surface area contributed by atoms with Crippen LogP contribution in [0.4, 0.5) is 11.4 Å². The number of carbonyl (C=O) groups excluding carboxylic acids is 1. The van der Waals surface area contributed by atoms with Crippen molar-refractivity contribution >= 4 is 23.1 Å². The fraction of sp³-hybridized carbons (Fsp3) is 0.296. The Labute approximate surface area is 211 Å². The number of amides is 1. The molecule has 2 aromatic carbocycles. The van der Waals surface area contributed by atoms with Gasteiger partial charge >= 0.3 is 0 Å².